The number of rotatable bonds is 3. The summed E-state index contributed by atoms with van der Waals surface area (Å²) < 4.78 is 42.2. The van der Waals surface area contributed by atoms with Crippen LogP contribution in [0.3, 0.4) is 0 Å². The highest BCUT2D eigenvalue weighted by molar-refractivity contribution is 5.99. The van der Waals surface area contributed by atoms with Gasteiger partial charge < -0.3 is 10.5 Å². The van der Waals surface area contributed by atoms with Crippen LogP contribution in [0, 0.1) is 0 Å². The molecule has 1 amide bonds. The average Bonchev–Trinajstić information content (AvgIpc) is 2.93. The van der Waals surface area contributed by atoms with Crippen LogP contribution in [0.1, 0.15) is 10.4 Å². The summed E-state index contributed by atoms with van der Waals surface area (Å²) in [6.45, 7) is 0. The van der Waals surface area contributed by atoms with E-state index in [1.807, 2.05) is 0 Å². The molecule has 0 aliphatic rings. The Bertz CT molecular complexity index is 889. The number of primary amides is 1. The van der Waals surface area contributed by atoms with E-state index in [9.17, 15) is 18.0 Å². The molecule has 2 N–H and O–H groups in total. The maximum atomic E-state index is 12.3. The Morgan fingerprint density at radius 3 is 2.70 bits per heavy atom. The van der Waals surface area contributed by atoms with Crippen molar-refractivity contribution in [3.8, 4) is 17.0 Å². The van der Waals surface area contributed by atoms with Gasteiger partial charge in [-0.1, -0.05) is 12.1 Å². The Morgan fingerprint density at radius 2 is 2.00 bits per heavy atom. The minimum absolute atomic E-state index is 0.161. The van der Waals surface area contributed by atoms with E-state index >= 15 is 0 Å². The highest BCUT2D eigenvalue weighted by atomic mass is 19.4. The van der Waals surface area contributed by atoms with Gasteiger partial charge in [0.05, 0.1) is 11.3 Å². The molecule has 3 aromatic rings. The van der Waals surface area contributed by atoms with E-state index in [-0.39, 0.29) is 17.0 Å². The number of nitrogens with two attached hydrogens (primary N) is 1. The molecule has 6 nitrogen and oxygen atoms in total. The Balaban J connectivity index is 2.11. The molecule has 3 rings (SSSR count). The molecule has 9 heteroatoms. The largest absolute Gasteiger partial charge is 0.573 e. The van der Waals surface area contributed by atoms with Crippen molar-refractivity contribution < 1.29 is 22.7 Å². The molecule has 0 saturated heterocycles. The zero-order chi connectivity index (χ0) is 16.6. The van der Waals surface area contributed by atoms with Crippen molar-refractivity contribution in [2.75, 3.05) is 0 Å². The van der Waals surface area contributed by atoms with Crippen molar-refractivity contribution in [1.29, 1.82) is 0 Å². The number of carbonyl (C=O) groups is 1. The van der Waals surface area contributed by atoms with Gasteiger partial charge in [0.25, 0.3) is 5.91 Å². The van der Waals surface area contributed by atoms with Crippen molar-refractivity contribution in [1.82, 2.24) is 14.6 Å². The maximum Gasteiger partial charge on any atom is 0.573 e. The van der Waals surface area contributed by atoms with E-state index in [0.717, 1.165) is 0 Å². The van der Waals surface area contributed by atoms with E-state index in [2.05, 4.69) is 14.8 Å². The van der Waals surface area contributed by atoms with Crippen LogP contribution >= 0.6 is 0 Å². The molecule has 0 saturated carbocycles. The van der Waals surface area contributed by atoms with Gasteiger partial charge in [0.15, 0.2) is 5.65 Å². The number of halogens is 3. The molecule has 0 unspecified atom stereocenters. The first kappa shape index (κ1) is 14.8. The summed E-state index contributed by atoms with van der Waals surface area (Å²) in [5.74, 6) is -1.04. The Morgan fingerprint density at radius 1 is 1.22 bits per heavy atom. The summed E-state index contributed by atoms with van der Waals surface area (Å²) in [7, 11) is 0. The molecule has 0 aliphatic carbocycles. The van der Waals surface area contributed by atoms with Gasteiger partial charge in [0.2, 0.25) is 0 Å². The van der Waals surface area contributed by atoms with Gasteiger partial charge in [-0.3, -0.25) is 4.79 Å². The highest BCUT2D eigenvalue weighted by Gasteiger charge is 2.31. The molecule has 0 fully saturated rings. The summed E-state index contributed by atoms with van der Waals surface area (Å²) in [6.07, 6.45) is -3.56. The molecule has 0 spiro atoms. The monoisotopic (exact) mass is 322 g/mol. The van der Waals surface area contributed by atoms with Gasteiger partial charge in [-0.25, -0.2) is 9.50 Å². The number of amides is 1. The Hall–Kier alpha value is -3.10. The molecule has 0 bridgehead atoms. The third-order valence-electron chi connectivity index (χ3n) is 3.05. The van der Waals surface area contributed by atoms with Crippen LogP contribution in [0.4, 0.5) is 13.2 Å². The van der Waals surface area contributed by atoms with Crippen LogP contribution in [0.25, 0.3) is 16.9 Å². The number of ether oxygens (including phenoxy) is 1. The fraction of sp³-hybridized carbons (Fsp3) is 0.0714. The molecule has 118 valence electrons. The molecule has 0 atom stereocenters. The van der Waals surface area contributed by atoms with Crippen molar-refractivity contribution >= 4 is 11.6 Å². The fourth-order valence-electron chi connectivity index (χ4n) is 2.17. The number of hydrogen-bond donors (Lipinski definition) is 1. The summed E-state index contributed by atoms with van der Waals surface area (Å²) >= 11 is 0. The summed E-state index contributed by atoms with van der Waals surface area (Å²) in [6, 6.07) is 8.37. The maximum absolute atomic E-state index is 12.3. The molecule has 2 heterocycles. The number of alkyl halides is 3. The zero-order valence-corrected chi connectivity index (χ0v) is 11.4. The third-order valence-corrected chi connectivity index (χ3v) is 3.05. The van der Waals surface area contributed by atoms with Crippen molar-refractivity contribution in [3.05, 3.63) is 48.3 Å². The second kappa shape index (κ2) is 5.27. The van der Waals surface area contributed by atoms with Crippen LogP contribution in [-0.2, 0) is 0 Å². The number of benzene rings is 1. The zero-order valence-electron chi connectivity index (χ0n) is 11.4. The smallest absolute Gasteiger partial charge is 0.406 e. The van der Waals surface area contributed by atoms with E-state index in [0.29, 0.717) is 11.3 Å². The lowest BCUT2D eigenvalue weighted by Gasteiger charge is -2.11. The third kappa shape index (κ3) is 2.93. The van der Waals surface area contributed by atoms with Crippen LogP contribution < -0.4 is 10.5 Å². The van der Waals surface area contributed by atoms with E-state index in [1.54, 1.807) is 6.07 Å². The highest BCUT2D eigenvalue weighted by Crippen LogP contribution is 2.28. The molecule has 0 aliphatic heterocycles. The molecule has 23 heavy (non-hydrogen) atoms. The number of nitrogens with zero attached hydrogens (tertiary/aromatic N) is 3. The SMILES string of the molecule is NC(=O)c1ccc(-c2cccc(OC(F)(F)F)c2)n2ncnc12. The van der Waals surface area contributed by atoms with E-state index in [1.165, 1.54) is 41.2 Å². The lowest BCUT2D eigenvalue weighted by atomic mass is 10.1. The predicted molar refractivity (Wildman–Crippen MR) is 73.6 cm³/mol. The van der Waals surface area contributed by atoms with E-state index < -0.39 is 12.3 Å². The van der Waals surface area contributed by atoms with Gasteiger partial charge >= 0.3 is 6.36 Å². The number of aromatic nitrogens is 3. The topological polar surface area (TPSA) is 82.5 Å². The molecule has 1 aromatic carbocycles. The van der Waals surface area contributed by atoms with Crippen LogP contribution in [0.5, 0.6) is 5.75 Å². The number of hydrogen-bond acceptors (Lipinski definition) is 4. The lowest BCUT2D eigenvalue weighted by Crippen LogP contribution is -2.17. The Kier molecular flexibility index (Phi) is 3.40. The molecular formula is C14H9F3N4O2. The normalized spacial score (nSPS) is 11.6. The van der Waals surface area contributed by atoms with Crippen molar-refractivity contribution in [2.24, 2.45) is 5.73 Å². The first-order valence-electron chi connectivity index (χ1n) is 6.34. The van der Waals surface area contributed by atoms with Gasteiger partial charge in [-0.05, 0) is 24.3 Å². The first-order chi connectivity index (χ1) is 10.8. The molecule has 0 radical (unpaired) electrons. The fourth-order valence-corrected chi connectivity index (χ4v) is 2.17. The summed E-state index contributed by atoms with van der Waals surface area (Å²) in [4.78, 5) is 15.3. The van der Waals surface area contributed by atoms with Crippen LogP contribution in [0.2, 0.25) is 0 Å². The van der Waals surface area contributed by atoms with E-state index in [4.69, 9.17) is 5.73 Å². The lowest BCUT2D eigenvalue weighted by molar-refractivity contribution is -0.274. The minimum Gasteiger partial charge on any atom is -0.406 e. The molecular weight excluding hydrogens is 313 g/mol. The second-order valence-electron chi connectivity index (χ2n) is 4.57. The first-order valence-corrected chi connectivity index (χ1v) is 6.34. The standard InChI is InChI=1S/C14H9F3N4O2/c15-14(16,17)23-9-3-1-2-8(6-9)11-5-4-10(12(18)22)13-19-7-20-21(11)13/h1-7H,(H2,18,22). The quantitative estimate of drug-likeness (QED) is 0.802. The number of carbonyl (C=O) groups excluding carboxylic acids is 1. The molecule has 2 aromatic heterocycles. The summed E-state index contributed by atoms with van der Waals surface area (Å²) in [5.41, 5.74) is 6.49. The van der Waals surface area contributed by atoms with Gasteiger partial charge in [0, 0.05) is 5.56 Å². The average molecular weight is 322 g/mol. The van der Waals surface area contributed by atoms with Crippen LogP contribution in [0.15, 0.2) is 42.7 Å². The van der Waals surface area contributed by atoms with Gasteiger partial charge in [-0.2, -0.15) is 5.10 Å². The number of fused-ring (bicyclic) bond motifs is 1. The predicted octanol–water partition coefficient (Wildman–Crippen LogP) is 2.39. The van der Waals surface area contributed by atoms with Crippen molar-refractivity contribution in [3.63, 3.8) is 0 Å². The van der Waals surface area contributed by atoms with Gasteiger partial charge in [0.1, 0.15) is 12.1 Å². The van der Waals surface area contributed by atoms with Crippen LogP contribution in [-0.4, -0.2) is 26.9 Å². The summed E-state index contributed by atoms with van der Waals surface area (Å²) in [5, 5.41) is 3.98. The number of pyridine rings is 1. The Labute approximate surface area is 127 Å². The van der Waals surface area contributed by atoms with Crippen molar-refractivity contribution in [2.45, 2.75) is 6.36 Å². The second-order valence-corrected chi connectivity index (χ2v) is 4.57. The van der Waals surface area contributed by atoms with Gasteiger partial charge in [-0.15, -0.1) is 13.2 Å². The minimum atomic E-state index is -4.78.